The second kappa shape index (κ2) is 10.4. The maximum absolute atomic E-state index is 12.6. The molecule has 5 nitrogen and oxygen atoms in total. The monoisotopic (exact) mass is 320 g/mol. The van der Waals surface area contributed by atoms with Gasteiger partial charge in [0.15, 0.2) is 0 Å². The van der Waals surface area contributed by atoms with E-state index in [1.54, 1.807) is 7.11 Å². The summed E-state index contributed by atoms with van der Waals surface area (Å²) in [4.78, 5) is 15.0. The largest absolute Gasteiger partial charge is 0.382 e. The Morgan fingerprint density at radius 1 is 1.17 bits per heavy atom. The predicted octanol–water partition coefficient (Wildman–Crippen LogP) is 1.65. The van der Waals surface area contributed by atoms with E-state index in [1.807, 2.05) is 30.3 Å². The summed E-state index contributed by atoms with van der Waals surface area (Å²) in [6, 6.07) is 10.0. The van der Waals surface area contributed by atoms with Crippen LogP contribution in [0.2, 0.25) is 0 Å². The summed E-state index contributed by atoms with van der Waals surface area (Å²) >= 11 is 0. The number of hydrogen-bond donors (Lipinski definition) is 1. The van der Waals surface area contributed by atoms with Crippen LogP contribution in [0.15, 0.2) is 30.3 Å². The number of hydrogen-bond acceptors (Lipinski definition) is 4. The third-order valence-corrected chi connectivity index (χ3v) is 4.14. The lowest BCUT2D eigenvalue weighted by atomic mass is 9.97. The highest BCUT2D eigenvalue weighted by Crippen LogP contribution is 2.20. The van der Waals surface area contributed by atoms with Crippen molar-refractivity contribution in [2.24, 2.45) is 0 Å². The third-order valence-electron chi connectivity index (χ3n) is 4.14. The van der Waals surface area contributed by atoms with Gasteiger partial charge in [-0.2, -0.15) is 0 Å². The summed E-state index contributed by atoms with van der Waals surface area (Å²) in [6.07, 6.45) is 2.47. The Morgan fingerprint density at radius 2 is 1.91 bits per heavy atom. The molecule has 128 valence electrons. The van der Waals surface area contributed by atoms with Crippen molar-refractivity contribution in [2.45, 2.75) is 18.8 Å². The highest BCUT2D eigenvalue weighted by atomic mass is 16.5. The topological polar surface area (TPSA) is 50.8 Å². The average Bonchev–Trinajstić information content (AvgIpc) is 3.09. The van der Waals surface area contributed by atoms with Crippen LogP contribution in [0.25, 0.3) is 0 Å². The van der Waals surface area contributed by atoms with E-state index in [-0.39, 0.29) is 11.8 Å². The second-order valence-corrected chi connectivity index (χ2v) is 5.87. The summed E-state index contributed by atoms with van der Waals surface area (Å²) < 4.78 is 10.3. The Balaban J connectivity index is 1.84. The summed E-state index contributed by atoms with van der Waals surface area (Å²) in [5, 5.41) is 3.00. The fraction of sp³-hybridized carbons (Fsp3) is 0.611. The molecular weight excluding hydrogens is 292 g/mol. The van der Waals surface area contributed by atoms with Crippen LogP contribution in [0.4, 0.5) is 0 Å². The number of ether oxygens (including phenoxy) is 2. The number of amides is 1. The zero-order valence-corrected chi connectivity index (χ0v) is 14.0. The highest BCUT2D eigenvalue weighted by molar-refractivity contribution is 5.83. The number of rotatable bonds is 10. The van der Waals surface area contributed by atoms with Gasteiger partial charge >= 0.3 is 0 Å². The van der Waals surface area contributed by atoms with Crippen LogP contribution < -0.4 is 5.32 Å². The average molecular weight is 320 g/mol. The molecular formula is C18H28N2O3. The van der Waals surface area contributed by atoms with E-state index in [4.69, 9.17) is 9.47 Å². The van der Waals surface area contributed by atoms with Gasteiger partial charge in [-0.3, -0.25) is 4.79 Å². The van der Waals surface area contributed by atoms with Crippen molar-refractivity contribution in [1.29, 1.82) is 0 Å². The van der Waals surface area contributed by atoms with Gasteiger partial charge in [0.2, 0.25) is 5.91 Å². The van der Waals surface area contributed by atoms with E-state index >= 15 is 0 Å². The molecule has 2 rings (SSSR count). The number of carbonyl (C=O) groups excluding carboxylic acids is 1. The maximum Gasteiger partial charge on any atom is 0.228 e. The van der Waals surface area contributed by atoms with E-state index in [1.165, 1.54) is 12.8 Å². The molecule has 1 saturated heterocycles. The molecule has 0 saturated carbocycles. The molecule has 1 heterocycles. The van der Waals surface area contributed by atoms with Crippen LogP contribution in [0, 0.1) is 0 Å². The van der Waals surface area contributed by atoms with Crippen LogP contribution in [0.5, 0.6) is 0 Å². The van der Waals surface area contributed by atoms with Crippen LogP contribution in [0.1, 0.15) is 24.3 Å². The van der Waals surface area contributed by atoms with Crippen molar-refractivity contribution in [1.82, 2.24) is 10.2 Å². The number of nitrogens with zero attached hydrogens (tertiary/aromatic N) is 1. The summed E-state index contributed by atoms with van der Waals surface area (Å²) in [7, 11) is 1.65. The number of benzene rings is 1. The van der Waals surface area contributed by atoms with Gasteiger partial charge in [0.05, 0.1) is 25.7 Å². The first-order valence-corrected chi connectivity index (χ1v) is 8.43. The Bertz CT molecular complexity index is 447. The number of likely N-dealkylation sites (tertiary alicyclic amines) is 1. The Kier molecular flexibility index (Phi) is 8.07. The SMILES string of the molecule is COCCOCCNC(=O)C(CN1CCCC1)c1ccccc1. The molecule has 0 aromatic heterocycles. The molecule has 0 aliphatic carbocycles. The van der Waals surface area contributed by atoms with Gasteiger partial charge in [-0.25, -0.2) is 0 Å². The molecule has 1 unspecified atom stereocenters. The standard InChI is InChI=1S/C18H28N2O3/c1-22-13-14-23-12-9-19-18(21)17(15-20-10-5-6-11-20)16-7-3-2-4-8-16/h2-4,7-8,17H,5-6,9-15H2,1H3,(H,19,21). The third kappa shape index (κ3) is 6.29. The fourth-order valence-corrected chi connectivity index (χ4v) is 2.86. The fourth-order valence-electron chi connectivity index (χ4n) is 2.86. The molecule has 1 aliphatic rings. The minimum Gasteiger partial charge on any atom is -0.382 e. The van der Waals surface area contributed by atoms with Crippen molar-refractivity contribution in [3.05, 3.63) is 35.9 Å². The van der Waals surface area contributed by atoms with Crippen LogP contribution >= 0.6 is 0 Å². The molecule has 5 heteroatoms. The van der Waals surface area contributed by atoms with Gasteiger partial charge in [-0.05, 0) is 31.5 Å². The maximum atomic E-state index is 12.6. The summed E-state index contributed by atoms with van der Waals surface area (Å²) in [5.41, 5.74) is 1.08. The molecule has 1 aliphatic heterocycles. The van der Waals surface area contributed by atoms with E-state index in [0.29, 0.717) is 26.4 Å². The first-order valence-electron chi connectivity index (χ1n) is 8.43. The van der Waals surface area contributed by atoms with Gasteiger partial charge < -0.3 is 19.7 Å². The minimum atomic E-state index is -0.117. The Hall–Kier alpha value is -1.43. The molecule has 0 bridgehead atoms. The Labute approximate surface area is 139 Å². The predicted molar refractivity (Wildman–Crippen MR) is 90.6 cm³/mol. The molecule has 0 radical (unpaired) electrons. The normalized spacial score (nSPS) is 16.4. The first-order chi connectivity index (χ1) is 11.3. The van der Waals surface area contributed by atoms with Gasteiger partial charge in [0.1, 0.15) is 0 Å². The molecule has 1 aromatic rings. The Morgan fingerprint density at radius 3 is 2.61 bits per heavy atom. The second-order valence-electron chi connectivity index (χ2n) is 5.87. The van der Waals surface area contributed by atoms with E-state index < -0.39 is 0 Å². The molecule has 0 spiro atoms. The molecule has 1 amide bonds. The molecule has 1 fully saturated rings. The molecule has 1 aromatic carbocycles. The van der Waals surface area contributed by atoms with Gasteiger partial charge in [0.25, 0.3) is 0 Å². The zero-order chi connectivity index (χ0) is 16.3. The highest BCUT2D eigenvalue weighted by Gasteiger charge is 2.24. The van der Waals surface area contributed by atoms with Crippen LogP contribution in [-0.2, 0) is 14.3 Å². The quantitative estimate of drug-likeness (QED) is 0.666. The number of methoxy groups -OCH3 is 1. The van der Waals surface area contributed by atoms with Crippen molar-refractivity contribution in [3.63, 3.8) is 0 Å². The summed E-state index contributed by atoms with van der Waals surface area (Å²) in [5.74, 6) is -0.0354. The number of carbonyl (C=O) groups is 1. The van der Waals surface area contributed by atoms with Crippen molar-refractivity contribution in [2.75, 3.05) is 53.1 Å². The lowest BCUT2D eigenvalue weighted by molar-refractivity contribution is -0.123. The lowest BCUT2D eigenvalue weighted by Crippen LogP contribution is -2.38. The van der Waals surface area contributed by atoms with Gasteiger partial charge in [-0.1, -0.05) is 30.3 Å². The van der Waals surface area contributed by atoms with E-state index in [0.717, 1.165) is 25.2 Å². The molecule has 1 N–H and O–H groups in total. The molecule has 1 atom stereocenters. The smallest absolute Gasteiger partial charge is 0.228 e. The van der Waals surface area contributed by atoms with Crippen molar-refractivity contribution >= 4 is 5.91 Å². The van der Waals surface area contributed by atoms with Crippen molar-refractivity contribution < 1.29 is 14.3 Å². The van der Waals surface area contributed by atoms with Gasteiger partial charge in [-0.15, -0.1) is 0 Å². The van der Waals surface area contributed by atoms with E-state index in [9.17, 15) is 4.79 Å². The first kappa shape index (κ1) is 17.9. The zero-order valence-electron chi connectivity index (χ0n) is 14.0. The van der Waals surface area contributed by atoms with Crippen molar-refractivity contribution in [3.8, 4) is 0 Å². The summed E-state index contributed by atoms with van der Waals surface area (Å²) in [6.45, 7) is 5.16. The van der Waals surface area contributed by atoms with Crippen LogP contribution in [0.3, 0.4) is 0 Å². The molecule has 23 heavy (non-hydrogen) atoms. The van der Waals surface area contributed by atoms with Gasteiger partial charge in [0, 0.05) is 20.2 Å². The van der Waals surface area contributed by atoms with Crippen LogP contribution in [-0.4, -0.2) is 63.9 Å². The minimum absolute atomic E-state index is 0.0819. The van der Waals surface area contributed by atoms with E-state index in [2.05, 4.69) is 10.2 Å². The number of nitrogens with one attached hydrogen (secondary N) is 1. The lowest BCUT2D eigenvalue weighted by Gasteiger charge is -2.23.